The van der Waals surface area contributed by atoms with Gasteiger partial charge in [-0.1, -0.05) is 24.3 Å². The third-order valence-corrected chi connectivity index (χ3v) is 5.55. The fourth-order valence-corrected chi connectivity index (χ4v) is 3.85. The highest BCUT2D eigenvalue weighted by Gasteiger charge is 2.19. The number of thiophene rings is 1. The van der Waals surface area contributed by atoms with Gasteiger partial charge >= 0.3 is 0 Å². The fourth-order valence-electron chi connectivity index (χ4n) is 2.95. The summed E-state index contributed by atoms with van der Waals surface area (Å²) >= 11 is 1.57. The number of ketones is 1. The minimum Gasteiger partial charge on any atom is -0.297 e. The number of carbonyl (C=O) groups is 1. The van der Waals surface area contributed by atoms with Crippen LogP contribution in [0.25, 0.3) is 10.4 Å². The molecule has 0 unspecified atom stereocenters. The first-order chi connectivity index (χ1) is 10.1. The Labute approximate surface area is 130 Å². The summed E-state index contributed by atoms with van der Waals surface area (Å²) in [6, 6.07) is 13.3. The quantitative estimate of drug-likeness (QED) is 0.758. The Bertz CT molecular complexity index is 623. The standard InChI is InChI=1S/C18H21NOS/c1-13(19-11-3-4-12-19)15-5-7-16(8-6-15)18-10-9-17(21-18)14(2)20/h5-10,13H,3-4,11-12H2,1-2H3/t13-/m0/s1. The molecular weight excluding hydrogens is 278 g/mol. The Kier molecular flexibility index (Phi) is 4.22. The maximum absolute atomic E-state index is 11.4. The molecule has 1 atom stereocenters. The molecule has 3 heteroatoms. The van der Waals surface area contributed by atoms with Gasteiger partial charge in [0.1, 0.15) is 0 Å². The molecule has 2 heterocycles. The van der Waals surface area contributed by atoms with Crippen molar-refractivity contribution in [3.05, 3.63) is 46.8 Å². The van der Waals surface area contributed by atoms with E-state index in [0.29, 0.717) is 6.04 Å². The summed E-state index contributed by atoms with van der Waals surface area (Å²) in [4.78, 5) is 15.9. The van der Waals surface area contributed by atoms with Crippen LogP contribution in [0, 0.1) is 0 Å². The minimum absolute atomic E-state index is 0.144. The van der Waals surface area contributed by atoms with Crippen molar-refractivity contribution >= 4 is 17.1 Å². The summed E-state index contributed by atoms with van der Waals surface area (Å²) < 4.78 is 0. The molecule has 1 aromatic carbocycles. The highest BCUT2D eigenvalue weighted by Crippen LogP contribution is 2.31. The van der Waals surface area contributed by atoms with Gasteiger partial charge in [-0.2, -0.15) is 0 Å². The van der Waals surface area contributed by atoms with Gasteiger partial charge in [0.05, 0.1) is 4.88 Å². The lowest BCUT2D eigenvalue weighted by atomic mass is 10.0. The predicted octanol–water partition coefficient (Wildman–Crippen LogP) is 4.77. The van der Waals surface area contributed by atoms with Gasteiger partial charge in [0, 0.05) is 10.9 Å². The average molecular weight is 299 g/mol. The third kappa shape index (κ3) is 3.09. The smallest absolute Gasteiger partial charge is 0.169 e. The number of hydrogen-bond donors (Lipinski definition) is 0. The van der Waals surface area contributed by atoms with Crippen LogP contribution in [0.15, 0.2) is 36.4 Å². The van der Waals surface area contributed by atoms with Crippen molar-refractivity contribution in [3.8, 4) is 10.4 Å². The normalized spacial score (nSPS) is 17.0. The SMILES string of the molecule is CC(=O)c1ccc(-c2ccc([C@H](C)N3CCCC3)cc2)s1. The van der Waals surface area contributed by atoms with Gasteiger partial charge in [0.25, 0.3) is 0 Å². The van der Waals surface area contributed by atoms with Crippen molar-refractivity contribution in [2.24, 2.45) is 0 Å². The van der Waals surface area contributed by atoms with Crippen LogP contribution in [0.4, 0.5) is 0 Å². The molecule has 21 heavy (non-hydrogen) atoms. The van der Waals surface area contributed by atoms with E-state index in [0.717, 1.165) is 4.88 Å². The molecule has 2 aromatic rings. The lowest BCUT2D eigenvalue weighted by Crippen LogP contribution is -2.23. The summed E-state index contributed by atoms with van der Waals surface area (Å²) in [6.07, 6.45) is 2.65. The minimum atomic E-state index is 0.144. The van der Waals surface area contributed by atoms with E-state index in [2.05, 4.69) is 36.1 Å². The fraction of sp³-hybridized carbons (Fsp3) is 0.389. The Hall–Kier alpha value is -1.45. The van der Waals surface area contributed by atoms with Crippen molar-refractivity contribution in [2.75, 3.05) is 13.1 Å². The topological polar surface area (TPSA) is 20.3 Å². The van der Waals surface area contributed by atoms with E-state index in [1.807, 2.05) is 12.1 Å². The Morgan fingerprint density at radius 1 is 1.10 bits per heavy atom. The second-order valence-corrected chi connectivity index (χ2v) is 6.84. The average Bonchev–Trinajstić information content (AvgIpc) is 3.18. The van der Waals surface area contributed by atoms with E-state index in [-0.39, 0.29) is 5.78 Å². The number of hydrogen-bond acceptors (Lipinski definition) is 3. The highest BCUT2D eigenvalue weighted by atomic mass is 32.1. The molecule has 110 valence electrons. The van der Waals surface area contributed by atoms with Gasteiger partial charge in [0.15, 0.2) is 5.78 Å². The molecule has 0 amide bonds. The van der Waals surface area contributed by atoms with Crippen LogP contribution >= 0.6 is 11.3 Å². The second-order valence-electron chi connectivity index (χ2n) is 5.76. The van der Waals surface area contributed by atoms with Crippen molar-refractivity contribution in [1.29, 1.82) is 0 Å². The monoisotopic (exact) mass is 299 g/mol. The Balaban J connectivity index is 1.78. The van der Waals surface area contributed by atoms with Crippen LogP contribution in [0.5, 0.6) is 0 Å². The molecule has 2 nitrogen and oxygen atoms in total. The zero-order valence-corrected chi connectivity index (χ0v) is 13.5. The van der Waals surface area contributed by atoms with Gasteiger partial charge in [0.2, 0.25) is 0 Å². The van der Waals surface area contributed by atoms with Crippen LogP contribution in [0.1, 0.15) is 48.0 Å². The van der Waals surface area contributed by atoms with E-state index in [4.69, 9.17) is 0 Å². The van der Waals surface area contributed by atoms with Gasteiger partial charge in [-0.15, -0.1) is 11.3 Å². The molecule has 0 spiro atoms. The van der Waals surface area contributed by atoms with E-state index >= 15 is 0 Å². The van der Waals surface area contributed by atoms with E-state index in [1.165, 1.54) is 41.9 Å². The second kappa shape index (κ2) is 6.12. The first kappa shape index (κ1) is 14.5. The molecule has 3 rings (SSSR count). The number of carbonyl (C=O) groups excluding carboxylic acids is 1. The van der Waals surface area contributed by atoms with E-state index in [9.17, 15) is 4.79 Å². The molecule has 0 bridgehead atoms. The lowest BCUT2D eigenvalue weighted by molar-refractivity contribution is 0.102. The molecule has 1 aromatic heterocycles. The zero-order valence-electron chi connectivity index (χ0n) is 12.6. The van der Waals surface area contributed by atoms with Crippen LogP contribution in [0.2, 0.25) is 0 Å². The summed E-state index contributed by atoms with van der Waals surface area (Å²) in [6.45, 7) is 6.35. The first-order valence-electron chi connectivity index (χ1n) is 7.60. The molecule has 0 radical (unpaired) electrons. The number of nitrogens with zero attached hydrogens (tertiary/aromatic N) is 1. The van der Waals surface area contributed by atoms with E-state index < -0.39 is 0 Å². The van der Waals surface area contributed by atoms with Crippen LogP contribution in [0.3, 0.4) is 0 Å². The molecule has 1 aliphatic rings. The molecule has 1 fully saturated rings. The third-order valence-electron chi connectivity index (χ3n) is 4.32. The predicted molar refractivity (Wildman–Crippen MR) is 89.0 cm³/mol. The van der Waals surface area contributed by atoms with Crippen molar-refractivity contribution in [1.82, 2.24) is 4.90 Å². The molecule has 0 aliphatic carbocycles. The summed E-state index contributed by atoms with van der Waals surface area (Å²) in [5.41, 5.74) is 2.58. The molecule has 1 saturated heterocycles. The van der Waals surface area contributed by atoms with Gasteiger partial charge in [-0.25, -0.2) is 0 Å². The maximum Gasteiger partial charge on any atom is 0.169 e. The number of benzene rings is 1. The van der Waals surface area contributed by atoms with E-state index in [1.54, 1.807) is 18.3 Å². The summed E-state index contributed by atoms with van der Waals surface area (Å²) in [7, 11) is 0. The van der Waals surface area contributed by atoms with Crippen LogP contribution < -0.4 is 0 Å². The number of Topliss-reactive ketones (excluding diaryl/α,β-unsaturated/α-hetero) is 1. The maximum atomic E-state index is 11.4. The zero-order chi connectivity index (χ0) is 14.8. The molecular formula is C18H21NOS. The van der Waals surface area contributed by atoms with Crippen LogP contribution in [-0.4, -0.2) is 23.8 Å². The summed E-state index contributed by atoms with van der Waals surface area (Å²) in [5, 5.41) is 0. The largest absolute Gasteiger partial charge is 0.297 e. The molecule has 1 aliphatic heterocycles. The highest BCUT2D eigenvalue weighted by molar-refractivity contribution is 7.17. The first-order valence-corrected chi connectivity index (χ1v) is 8.42. The van der Waals surface area contributed by atoms with Gasteiger partial charge in [-0.05, 0) is 63.0 Å². The lowest BCUT2D eigenvalue weighted by Gasteiger charge is -2.24. The number of rotatable bonds is 4. The Morgan fingerprint density at radius 2 is 1.76 bits per heavy atom. The van der Waals surface area contributed by atoms with Gasteiger partial charge in [-0.3, -0.25) is 9.69 Å². The summed E-state index contributed by atoms with van der Waals surface area (Å²) in [5.74, 6) is 0.144. The Morgan fingerprint density at radius 3 is 2.33 bits per heavy atom. The van der Waals surface area contributed by atoms with Gasteiger partial charge < -0.3 is 0 Å². The number of likely N-dealkylation sites (tertiary alicyclic amines) is 1. The van der Waals surface area contributed by atoms with Crippen molar-refractivity contribution in [2.45, 2.75) is 32.7 Å². The van der Waals surface area contributed by atoms with Crippen molar-refractivity contribution < 1.29 is 4.79 Å². The van der Waals surface area contributed by atoms with Crippen LogP contribution in [-0.2, 0) is 0 Å². The van der Waals surface area contributed by atoms with Crippen molar-refractivity contribution in [3.63, 3.8) is 0 Å². The molecule has 0 N–H and O–H groups in total. The molecule has 0 saturated carbocycles.